The lowest BCUT2D eigenvalue weighted by atomic mass is 9.98. The standard InChI is InChI=1S/C23H25ClN2O2/c1-14(2)22-16(4)26(20-8-6-5-7-19(20)23(22)28)13-21(27)25-15(3)17-9-11-18(24)12-10-17/h5-12,14-15H,13H2,1-4H3,(H,25,27)/t15-/m1/s1. The summed E-state index contributed by atoms with van der Waals surface area (Å²) in [6, 6.07) is 14.8. The molecule has 0 bridgehead atoms. The first-order valence-electron chi connectivity index (χ1n) is 9.46. The Morgan fingerprint density at radius 1 is 1.07 bits per heavy atom. The van der Waals surface area contributed by atoms with Crippen molar-refractivity contribution in [1.29, 1.82) is 0 Å². The number of amides is 1. The number of para-hydroxylation sites is 1. The lowest BCUT2D eigenvalue weighted by Crippen LogP contribution is -2.32. The van der Waals surface area contributed by atoms with Gasteiger partial charge in [0.25, 0.3) is 0 Å². The molecule has 146 valence electrons. The van der Waals surface area contributed by atoms with Gasteiger partial charge in [-0.3, -0.25) is 9.59 Å². The molecule has 3 rings (SSSR count). The van der Waals surface area contributed by atoms with Gasteiger partial charge in [-0.1, -0.05) is 49.7 Å². The fraction of sp³-hybridized carbons (Fsp3) is 0.304. The molecule has 0 saturated heterocycles. The van der Waals surface area contributed by atoms with E-state index in [-0.39, 0.29) is 29.8 Å². The highest BCUT2D eigenvalue weighted by Gasteiger charge is 2.18. The van der Waals surface area contributed by atoms with Gasteiger partial charge in [0, 0.05) is 21.7 Å². The summed E-state index contributed by atoms with van der Waals surface area (Å²) in [5.74, 6) is -0.0199. The number of nitrogens with zero attached hydrogens (tertiary/aromatic N) is 1. The average molecular weight is 397 g/mol. The Morgan fingerprint density at radius 3 is 2.36 bits per heavy atom. The molecule has 0 fully saturated rings. The number of carbonyl (C=O) groups is 1. The number of benzene rings is 2. The van der Waals surface area contributed by atoms with Crippen LogP contribution in [0.25, 0.3) is 10.9 Å². The Hall–Kier alpha value is -2.59. The first kappa shape index (κ1) is 20.2. The highest BCUT2D eigenvalue weighted by atomic mass is 35.5. The number of pyridine rings is 1. The van der Waals surface area contributed by atoms with E-state index in [1.165, 1.54) is 0 Å². The third-order valence-electron chi connectivity index (χ3n) is 5.11. The molecular formula is C23H25ClN2O2. The Morgan fingerprint density at radius 2 is 1.71 bits per heavy atom. The van der Waals surface area contributed by atoms with Crippen LogP contribution in [0.4, 0.5) is 0 Å². The van der Waals surface area contributed by atoms with Crippen LogP contribution in [-0.2, 0) is 11.3 Å². The van der Waals surface area contributed by atoms with E-state index in [0.29, 0.717) is 10.4 Å². The van der Waals surface area contributed by atoms with Crippen molar-refractivity contribution in [3.63, 3.8) is 0 Å². The van der Waals surface area contributed by atoms with E-state index in [1.54, 1.807) is 0 Å². The van der Waals surface area contributed by atoms with Gasteiger partial charge < -0.3 is 9.88 Å². The second-order valence-corrected chi connectivity index (χ2v) is 7.86. The van der Waals surface area contributed by atoms with E-state index in [9.17, 15) is 9.59 Å². The normalized spacial score (nSPS) is 12.4. The molecule has 5 heteroatoms. The zero-order chi connectivity index (χ0) is 20.4. The highest BCUT2D eigenvalue weighted by molar-refractivity contribution is 6.30. The second-order valence-electron chi connectivity index (χ2n) is 7.43. The minimum absolute atomic E-state index is 0.0503. The van der Waals surface area contributed by atoms with Gasteiger partial charge in [0.1, 0.15) is 6.54 Å². The zero-order valence-corrected chi connectivity index (χ0v) is 17.4. The van der Waals surface area contributed by atoms with Crippen LogP contribution in [0.15, 0.2) is 53.3 Å². The number of rotatable bonds is 5. The molecule has 0 aliphatic carbocycles. The first-order chi connectivity index (χ1) is 13.3. The van der Waals surface area contributed by atoms with Gasteiger partial charge in [-0.2, -0.15) is 0 Å². The maximum Gasteiger partial charge on any atom is 0.240 e. The Kier molecular flexibility index (Phi) is 5.90. The molecule has 1 aromatic heterocycles. The fourth-order valence-corrected chi connectivity index (χ4v) is 3.81. The van der Waals surface area contributed by atoms with Crippen LogP contribution in [0.1, 0.15) is 49.6 Å². The third-order valence-corrected chi connectivity index (χ3v) is 5.36. The summed E-state index contributed by atoms with van der Waals surface area (Å²) in [5.41, 5.74) is 3.42. The van der Waals surface area contributed by atoms with E-state index in [2.05, 4.69) is 5.32 Å². The summed E-state index contributed by atoms with van der Waals surface area (Å²) in [6.45, 7) is 8.03. The van der Waals surface area contributed by atoms with Crippen molar-refractivity contribution in [1.82, 2.24) is 9.88 Å². The van der Waals surface area contributed by atoms with E-state index in [1.807, 2.05) is 80.8 Å². The first-order valence-corrected chi connectivity index (χ1v) is 9.84. The van der Waals surface area contributed by atoms with Crippen molar-refractivity contribution in [2.45, 2.75) is 46.2 Å². The second kappa shape index (κ2) is 8.19. The molecule has 0 saturated carbocycles. The van der Waals surface area contributed by atoms with Gasteiger partial charge in [-0.15, -0.1) is 0 Å². The van der Waals surface area contributed by atoms with Crippen molar-refractivity contribution in [2.75, 3.05) is 0 Å². The fourth-order valence-electron chi connectivity index (χ4n) is 3.69. The lowest BCUT2D eigenvalue weighted by Gasteiger charge is -2.21. The summed E-state index contributed by atoms with van der Waals surface area (Å²) < 4.78 is 1.94. The van der Waals surface area contributed by atoms with Crippen molar-refractivity contribution in [3.05, 3.63) is 80.6 Å². The highest BCUT2D eigenvalue weighted by Crippen LogP contribution is 2.22. The molecule has 3 aromatic rings. The zero-order valence-electron chi connectivity index (χ0n) is 16.6. The number of nitrogens with one attached hydrogen (secondary N) is 1. The van der Waals surface area contributed by atoms with E-state index in [4.69, 9.17) is 11.6 Å². The molecule has 1 amide bonds. The van der Waals surface area contributed by atoms with Gasteiger partial charge in [0.2, 0.25) is 5.91 Å². The maximum atomic E-state index is 12.9. The molecular weight excluding hydrogens is 372 g/mol. The monoisotopic (exact) mass is 396 g/mol. The van der Waals surface area contributed by atoms with Crippen LogP contribution in [0, 0.1) is 6.92 Å². The Labute approximate surface area is 170 Å². The van der Waals surface area contributed by atoms with Crippen LogP contribution < -0.4 is 10.7 Å². The molecule has 0 spiro atoms. The van der Waals surface area contributed by atoms with Gasteiger partial charge in [0.15, 0.2) is 5.43 Å². The lowest BCUT2D eigenvalue weighted by molar-refractivity contribution is -0.122. The summed E-state index contributed by atoms with van der Waals surface area (Å²) in [4.78, 5) is 25.7. The molecule has 1 atom stereocenters. The van der Waals surface area contributed by atoms with Gasteiger partial charge in [0.05, 0.1) is 11.6 Å². The van der Waals surface area contributed by atoms with Crippen LogP contribution in [0.2, 0.25) is 5.02 Å². The van der Waals surface area contributed by atoms with Crippen molar-refractivity contribution < 1.29 is 4.79 Å². The largest absolute Gasteiger partial charge is 0.348 e. The number of hydrogen-bond acceptors (Lipinski definition) is 2. The molecule has 0 aliphatic heterocycles. The van der Waals surface area contributed by atoms with Gasteiger partial charge in [-0.05, 0) is 49.6 Å². The number of aromatic nitrogens is 1. The predicted molar refractivity (Wildman–Crippen MR) is 115 cm³/mol. The average Bonchev–Trinajstić information content (AvgIpc) is 2.65. The topological polar surface area (TPSA) is 51.1 Å². The predicted octanol–water partition coefficient (Wildman–Crippen LogP) is 4.96. The minimum atomic E-state index is -0.139. The van der Waals surface area contributed by atoms with Gasteiger partial charge in [-0.25, -0.2) is 0 Å². The van der Waals surface area contributed by atoms with Gasteiger partial charge >= 0.3 is 0 Å². The van der Waals surface area contributed by atoms with Crippen molar-refractivity contribution >= 4 is 28.4 Å². The summed E-state index contributed by atoms with van der Waals surface area (Å²) in [6.07, 6.45) is 0. The number of fused-ring (bicyclic) bond motifs is 1. The van der Waals surface area contributed by atoms with E-state index in [0.717, 1.165) is 22.3 Å². The van der Waals surface area contributed by atoms with Crippen LogP contribution in [-0.4, -0.2) is 10.5 Å². The molecule has 0 unspecified atom stereocenters. The third kappa shape index (κ3) is 3.97. The molecule has 28 heavy (non-hydrogen) atoms. The van der Waals surface area contributed by atoms with Crippen LogP contribution in [0.3, 0.4) is 0 Å². The minimum Gasteiger partial charge on any atom is -0.348 e. The van der Waals surface area contributed by atoms with E-state index >= 15 is 0 Å². The number of hydrogen-bond donors (Lipinski definition) is 1. The quantitative estimate of drug-likeness (QED) is 0.662. The SMILES string of the molecule is Cc1c(C(C)C)c(=O)c2ccccc2n1CC(=O)N[C@H](C)c1ccc(Cl)cc1. The molecule has 0 radical (unpaired) electrons. The molecule has 4 nitrogen and oxygen atoms in total. The van der Waals surface area contributed by atoms with Crippen molar-refractivity contribution in [3.8, 4) is 0 Å². The van der Waals surface area contributed by atoms with Crippen LogP contribution >= 0.6 is 11.6 Å². The summed E-state index contributed by atoms with van der Waals surface area (Å²) >= 11 is 5.94. The summed E-state index contributed by atoms with van der Waals surface area (Å²) in [5, 5.41) is 4.35. The smallest absolute Gasteiger partial charge is 0.240 e. The Bertz CT molecular complexity index is 1070. The maximum absolute atomic E-state index is 12.9. The van der Waals surface area contributed by atoms with Crippen molar-refractivity contribution in [2.24, 2.45) is 0 Å². The molecule has 2 aromatic carbocycles. The Balaban J connectivity index is 1.94. The number of carbonyl (C=O) groups excluding carboxylic acids is 1. The number of halogens is 1. The van der Waals surface area contributed by atoms with E-state index < -0.39 is 0 Å². The summed E-state index contributed by atoms with van der Waals surface area (Å²) in [7, 11) is 0. The molecule has 1 N–H and O–H groups in total. The molecule has 1 heterocycles. The van der Waals surface area contributed by atoms with Crippen LogP contribution in [0.5, 0.6) is 0 Å². The molecule has 0 aliphatic rings.